The molecule has 0 spiro atoms. The molecular weight excluding hydrogens is 424 g/mol. The molecule has 0 aromatic heterocycles. The highest BCUT2D eigenvalue weighted by molar-refractivity contribution is 7.98. The summed E-state index contributed by atoms with van der Waals surface area (Å²) in [5, 5.41) is 11.9. The molecule has 168 valence electrons. The Morgan fingerprint density at radius 2 is 1.75 bits per heavy atom. The lowest BCUT2D eigenvalue weighted by molar-refractivity contribution is -0.137. The van der Waals surface area contributed by atoms with Crippen LogP contribution in [0.25, 0.3) is 0 Å². The second-order valence-electron chi connectivity index (χ2n) is 7.18. The average Bonchev–Trinajstić information content (AvgIpc) is 2.79. The summed E-state index contributed by atoms with van der Waals surface area (Å²) >= 11 is 1.57. The molecule has 7 heteroatoms. The minimum atomic E-state index is -0.991. The fraction of sp³-hybridized carbons (Fsp3) is 0.320. The van der Waals surface area contributed by atoms with E-state index in [4.69, 9.17) is 5.11 Å². The van der Waals surface area contributed by atoms with E-state index in [2.05, 4.69) is 17.2 Å². The Morgan fingerprint density at radius 3 is 2.41 bits per heavy atom. The van der Waals surface area contributed by atoms with Crippen molar-refractivity contribution in [1.82, 2.24) is 10.2 Å². The van der Waals surface area contributed by atoms with Gasteiger partial charge >= 0.3 is 12.0 Å². The molecule has 2 aromatic carbocycles. The lowest BCUT2D eigenvalue weighted by atomic mass is 10.1. The predicted molar refractivity (Wildman–Crippen MR) is 128 cm³/mol. The molecule has 0 saturated carbocycles. The van der Waals surface area contributed by atoms with Gasteiger partial charge in [-0.3, -0.25) is 14.5 Å². The topological polar surface area (TPSA) is 86.7 Å². The number of carbonyl (C=O) groups excluding carboxylic acids is 2. The van der Waals surface area contributed by atoms with Gasteiger partial charge in [-0.1, -0.05) is 43.0 Å². The smallest absolute Gasteiger partial charge is 0.324 e. The zero-order valence-electron chi connectivity index (χ0n) is 18.3. The third kappa shape index (κ3) is 8.12. The number of urea groups is 1. The number of nitrogens with zero attached hydrogens (tertiary/aromatic N) is 1. The summed E-state index contributed by atoms with van der Waals surface area (Å²) in [6.45, 7) is 2.10. The van der Waals surface area contributed by atoms with Crippen LogP contribution >= 0.6 is 11.8 Å². The Kier molecular flexibility index (Phi) is 10.3. The number of imide groups is 1. The molecular formula is C25H28N2O4S. The van der Waals surface area contributed by atoms with Crippen LogP contribution in [0.15, 0.2) is 54.6 Å². The third-order valence-corrected chi connectivity index (χ3v) is 5.24. The van der Waals surface area contributed by atoms with Crippen LogP contribution in [0.5, 0.6) is 0 Å². The molecule has 0 heterocycles. The number of amides is 3. The van der Waals surface area contributed by atoms with E-state index in [0.29, 0.717) is 29.7 Å². The molecule has 0 aliphatic rings. The van der Waals surface area contributed by atoms with Gasteiger partial charge in [-0.05, 0) is 55.2 Å². The van der Waals surface area contributed by atoms with Crippen LogP contribution in [0.1, 0.15) is 47.7 Å². The molecule has 1 atom stereocenters. The molecule has 0 bridgehead atoms. The summed E-state index contributed by atoms with van der Waals surface area (Å²) in [5.41, 5.74) is 1.89. The van der Waals surface area contributed by atoms with Crippen LogP contribution in [0.2, 0.25) is 0 Å². The van der Waals surface area contributed by atoms with Crippen molar-refractivity contribution in [1.29, 1.82) is 0 Å². The fourth-order valence-electron chi connectivity index (χ4n) is 3.02. The maximum Gasteiger partial charge on any atom is 0.324 e. The highest BCUT2D eigenvalue weighted by Gasteiger charge is 2.25. The molecule has 1 unspecified atom stereocenters. The van der Waals surface area contributed by atoms with Crippen molar-refractivity contribution in [3.05, 3.63) is 71.3 Å². The second-order valence-corrected chi connectivity index (χ2v) is 8.16. The van der Waals surface area contributed by atoms with Gasteiger partial charge in [0.15, 0.2) is 0 Å². The highest BCUT2D eigenvalue weighted by Crippen LogP contribution is 2.11. The number of nitrogens with one attached hydrogen (secondary N) is 1. The number of carbonyl (C=O) groups is 3. The van der Waals surface area contributed by atoms with Gasteiger partial charge in [-0.2, -0.15) is 11.8 Å². The minimum absolute atomic E-state index is 0.189. The first-order valence-corrected chi connectivity index (χ1v) is 11.8. The zero-order chi connectivity index (χ0) is 23.3. The monoisotopic (exact) mass is 452 g/mol. The summed E-state index contributed by atoms with van der Waals surface area (Å²) < 4.78 is 0. The van der Waals surface area contributed by atoms with Gasteiger partial charge in [0.2, 0.25) is 0 Å². The normalized spacial score (nSPS) is 11.1. The summed E-state index contributed by atoms with van der Waals surface area (Å²) in [4.78, 5) is 38.3. The fourth-order valence-corrected chi connectivity index (χ4v) is 3.54. The van der Waals surface area contributed by atoms with Gasteiger partial charge in [-0.25, -0.2) is 4.79 Å². The summed E-state index contributed by atoms with van der Waals surface area (Å²) in [6, 6.07) is 15.3. The summed E-state index contributed by atoms with van der Waals surface area (Å²) in [5.74, 6) is 5.38. The largest absolute Gasteiger partial charge is 0.481 e. The molecule has 0 aliphatic carbocycles. The van der Waals surface area contributed by atoms with E-state index in [9.17, 15) is 14.4 Å². The third-order valence-electron chi connectivity index (χ3n) is 4.59. The van der Waals surface area contributed by atoms with Crippen molar-refractivity contribution in [2.24, 2.45) is 0 Å². The minimum Gasteiger partial charge on any atom is -0.481 e. The van der Waals surface area contributed by atoms with Gasteiger partial charge in [0.25, 0.3) is 5.91 Å². The first-order chi connectivity index (χ1) is 15.4. The van der Waals surface area contributed by atoms with E-state index in [1.807, 2.05) is 49.6 Å². The predicted octanol–water partition coefficient (Wildman–Crippen LogP) is 4.24. The maximum absolute atomic E-state index is 13.1. The SMILES string of the molecule is CCCN(C(=O)NC(CCSC)CC(=O)O)C(=O)c1cccc(C#Cc2ccccc2)c1. The maximum atomic E-state index is 13.1. The quantitative estimate of drug-likeness (QED) is 0.556. The van der Waals surface area contributed by atoms with Gasteiger partial charge in [0.1, 0.15) is 0 Å². The lowest BCUT2D eigenvalue weighted by Crippen LogP contribution is -2.48. The number of rotatable bonds is 9. The molecule has 0 radical (unpaired) electrons. The van der Waals surface area contributed by atoms with Gasteiger partial charge < -0.3 is 10.4 Å². The zero-order valence-corrected chi connectivity index (χ0v) is 19.2. The molecule has 3 amide bonds. The number of carboxylic acid groups (broad SMARTS) is 1. The Hall–Kier alpha value is -3.24. The van der Waals surface area contributed by atoms with Crippen molar-refractivity contribution in [3.63, 3.8) is 0 Å². The van der Waals surface area contributed by atoms with Crippen LogP contribution in [0, 0.1) is 11.8 Å². The van der Waals surface area contributed by atoms with Gasteiger partial charge in [0.05, 0.1) is 6.42 Å². The number of thioether (sulfide) groups is 1. The van der Waals surface area contributed by atoms with E-state index in [-0.39, 0.29) is 13.0 Å². The molecule has 0 fully saturated rings. The molecule has 2 rings (SSSR count). The van der Waals surface area contributed by atoms with E-state index in [1.54, 1.807) is 30.0 Å². The molecule has 2 aromatic rings. The van der Waals surface area contributed by atoms with Crippen molar-refractivity contribution in [2.75, 3.05) is 18.6 Å². The van der Waals surface area contributed by atoms with E-state index in [1.165, 1.54) is 0 Å². The van der Waals surface area contributed by atoms with E-state index >= 15 is 0 Å². The van der Waals surface area contributed by atoms with Crippen LogP contribution in [0.4, 0.5) is 4.79 Å². The number of aliphatic carboxylic acids is 1. The Bertz CT molecular complexity index is 982. The molecule has 6 nitrogen and oxygen atoms in total. The number of hydrogen-bond donors (Lipinski definition) is 2. The van der Waals surface area contributed by atoms with Crippen LogP contribution < -0.4 is 5.32 Å². The number of benzene rings is 2. The molecule has 0 aliphatic heterocycles. The Balaban J connectivity index is 2.18. The second kappa shape index (κ2) is 13.2. The van der Waals surface area contributed by atoms with Crippen molar-refractivity contribution in [3.8, 4) is 11.8 Å². The Morgan fingerprint density at radius 1 is 1.06 bits per heavy atom. The number of carboxylic acids is 1. The Labute approximate surface area is 193 Å². The van der Waals surface area contributed by atoms with Crippen LogP contribution in [0.3, 0.4) is 0 Å². The van der Waals surface area contributed by atoms with E-state index < -0.39 is 23.9 Å². The molecule has 2 N–H and O–H groups in total. The lowest BCUT2D eigenvalue weighted by Gasteiger charge is -2.24. The average molecular weight is 453 g/mol. The first kappa shape index (κ1) is 25.0. The summed E-state index contributed by atoms with van der Waals surface area (Å²) in [6.07, 6.45) is 2.82. The first-order valence-electron chi connectivity index (χ1n) is 10.4. The summed E-state index contributed by atoms with van der Waals surface area (Å²) in [7, 11) is 0. The van der Waals surface area contributed by atoms with Crippen LogP contribution in [-0.2, 0) is 4.79 Å². The standard InChI is InChI=1S/C25H28N2O4S/c1-3-15-27(25(31)26-22(14-16-32-2)18-23(28)29)24(30)21-11-7-10-20(17-21)13-12-19-8-5-4-6-9-19/h4-11,17,22H,3,14-16,18H2,1-2H3,(H,26,31)(H,28,29). The highest BCUT2D eigenvalue weighted by atomic mass is 32.2. The van der Waals surface area contributed by atoms with Gasteiger partial charge in [-0.15, -0.1) is 0 Å². The number of hydrogen-bond acceptors (Lipinski definition) is 4. The van der Waals surface area contributed by atoms with Crippen molar-refractivity contribution < 1.29 is 19.5 Å². The van der Waals surface area contributed by atoms with Crippen LogP contribution in [-0.4, -0.2) is 52.5 Å². The van der Waals surface area contributed by atoms with Crippen molar-refractivity contribution in [2.45, 2.75) is 32.2 Å². The van der Waals surface area contributed by atoms with Crippen molar-refractivity contribution >= 4 is 29.7 Å². The molecule has 32 heavy (non-hydrogen) atoms. The van der Waals surface area contributed by atoms with E-state index in [0.717, 1.165) is 10.5 Å². The molecule has 0 saturated heterocycles. The van der Waals surface area contributed by atoms with Gasteiger partial charge in [0, 0.05) is 29.3 Å².